The summed E-state index contributed by atoms with van der Waals surface area (Å²) in [4.78, 5) is 16.8. The minimum atomic E-state index is -0.528. The molecule has 0 fully saturated rings. The van der Waals surface area contributed by atoms with Crippen LogP contribution < -0.4 is 0 Å². The fourth-order valence-electron chi connectivity index (χ4n) is 2.37. The summed E-state index contributed by atoms with van der Waals surface area (Å²) in [6.07, 6.45) is 2.97. The van der Waals surface area contributed by atoms with Crippen molar-refractivity contribution in [1.29, 1.82) is 0 Å². The molecule has 0 amide bonds. The summed E-state index contributed by atoms with van der Waals surface area (Å²) >= 11 is 1.04. The fraction of sp³-hybridized carbons (Fsp3) is 0.200. The highest BCUT2D eigenvalue weighted by Crippen LogP contribution is 2.37. The standard InChI is InChI=1S/C15H11FNO3S/c1-7-3-9-11(17-7)5-10(16)15(20-2)13(9)14(19)8-4-12(18)21-6-8/h4,6,18H,5H2,1-2H3. The Bertz CT molecular complexity index is 768. The van der Waals surface area contributed by atoms with Crippen molar-refractivity contribution in [3.63, 3.8) is 0 Å². The van der Waals surface area contributed by atoms with Gasteiger partial charge >= 0.3 is 0 Å². The second kappa shape index (κ2) is 4.96. The highest BCUT2D eigenvalue weighted by Gasteiger charge is 2.34. The number of rotatable bonds is 3. The zero-order valence-electron chi connectivity index (χ0n) is 11.4. The smallest absolute Gasteiger partial charge is 0.198 e. The van der Waals surface area contributed by atoms with Crippen LogP contribution in [0.2, 0.25) is 0 Å². The van der Waals surface area contributed by atoms with E-state index in [1.165, 1.54) is 18.6 Å². The molecule has 21 heavy (non-hydrogen) atoms. The van der Waals surface area contributed by atoms with E-state index in [9.17, 15) is 14.3 Å². The van der Waals surface area contributed by atoms with Gasteiger partial charge < -0.3 is 9.84 Å². The molecule has 6 heteroatoms. The Morgan fingerprint density at radius 3 is 2.95 bits per heavy atom. The number of methoxy groups -OCH3 is 1. The Hall–Kier alpha value is -2.21. The first-order valence-corrected chi connectivity index (χ1v) is 7.07. The summed E-state index contributed by atoms with van der Waals surface area (Å²) < 4.78 is 19.2. The maximum Gasteiger partial charge on any atom is 0.198 e. The summed E-state index contributed by atoms with van der Waals surface area (Å²) in [5, 5.41) is 10.9. The van der Waals surface area contributed by atoms with E-state index >= 15 is 0 Å². The average Bonchev–Trinajstić information content (AvgIpc) is 3.01. The SMILES string of the molecule is COC1=C(F)CC2=NC(C)=[C]C2=C1C(=O)c1csc(O)c1. The van der Waals surface area contributed by atoms with Gasteiger partial charge in [0, 0.05) is 40.8 Å². The van der Waals surface area contributed by atoms with E-state index < -0.39 is 11.6 Å². The van der Waals surface area contributed by atoms with Crippen LogP contribution in [-0.4, -0.2) is 23.7 Å². The van der Waals surface area contributed by atoms with Crippen LogP contribution in [0.25, 0.3) is 0 Å². The number of fused-ring (bicyclic) bond motifs is 1. The molecular weight excluding hydrogens is 293 g/mol. The Kier molecular flexibility index (Phi) is 3.25. The van der Waals surface area contributed by atoms with Gasteiger partial charge in [-0.05, 0) is 6.92 Å². The normalized spacial score (nSPS) is 17.7. The van der Waals surface area contributed by atoms with Gasteiger partial charge in [-0.1, -0.05) is 0 Å². The van der Waals surface area contributed by atoms with E-state index in [1.54, 1.807) is 6.92 Å². The third-order valence-corrected chi connectivity index (χ3v) is 3.95. The minimum absolute atomic E-state index is 0.00544. The van der Waals surface area contributed by atoms with Crippen molar-refractivity contribution < 1.29 is 19.0 Å². The van der Waals surface area contributed by atoms with Gasteiger partial charge in [0.15, 0.2) is 16.6 Å². The largest absolute Gasteiger partial charge is 0.499 e. The summed E-state index contributed by atoms with van der Waals surface area (Å²) in [7, 11) is 1.32. The predicted octanol–water partition coefficient (Wildman–Crippen LogP) is 3.33. The van der Waals surface area contributed by atoms with Crippen molar-refractivity contribution >= 4 is 22.8 Å². The molecule has 1 aliphatic heterocycles. The van der Waals surface area contributed by atoms with Gasteiger partial charge in [0.1, 0.15) is 5.83 Å². The number of halogens is 1. The second-order valence-corrected chi connectivity index (χ2v) is 5.53. The van der Waals surface area contributed by atoms with Crippen molar-refractivity contribution in [2.45, 2.75) is 13.3 Å². The Morgan fingerprint density at radius 1 is 1.57 bits per heavy atom. The summed E-state index contributed by atoms with van der Waals surface area (Å²) in [6, 6.07) is 1.35. The highest BCUT2D eigenvalue weighted by molar-refractivity contribution is 7.12. The first-order chi connectivity index (χ1) is 10.0. The van der Waals surface area contributed by atoms with Crippen molar-refractivity contribution in [2.24, 2.45) is 4.99 Å². The van der Waals surface area contributed by atoms with Crippen molar-refractivity contribution in [1.82, 2.24) is 0 Å². The van der Waals surface area contributed by atoms with Gasteiger partial charge in [-0.25, -0.2) is 4.39 Å². The molecule has 4 nitrogen and oxygen atoms in total. The topological polar surface area (TPSA) is 58.9 Å². The lowest BCUT2D eigenvalue weighted by Crippen LogP contribution is -2.18. The molecule has 0 unspecified atom stereocenters. The number of thiophene rings is 1. The first kappa shape index (κ1) is 13.8. The number of ketones is 1. The summed E-state index contributed by atoms with van der Waals surface area (Å²) in [5.41, 5.74) is 1.95. The average molecular weight is 304 g/mol. The number of hydrogen-bond donors (Lipinski definition) is 1. The molecule has 0 saturated carbocycles. The highest BCUT2D eigenvalue weighted by atomic mass is 32.1. The molecule has 1 N–H and O–H groups in total. The lowest BCUT2D eigenvalue weighted by atomic mass is 9.89. The molecule has 0 saturated heterocycles. The van der Waals surface area contributed by atoms with E-state index in [-0.39, 0.29) is 28.4 Å². The molecule has 1 aromatic heterocycles. The van der Waals surface area contributed by atoms with E-state index in [1.807, 2.05) is 0 Å². The van der Waals surface area contributed by atoms with Gasteiger partial charge in [0.25, 0.3) is 0 Å². The van der Waals surface area contributed by atoms with E-state index in [0.29, 0.717) is 17.0 Å². The lowest BCUT2D eigenvalue weighted by Gasteiger charge is -2.19. The molecule has 0 bridgehead atoms. The third-order valence-electron chi connectivity index (χ3n) is 3.22. The van der Waals surface area contributed by atoms with Crippen LogP contribution >= 0.6 is 11.3 Å². The number of ether oxygens (including phenoxy) is 1. The Morgan fingerprint density at radius 2 is 2.33 bits per heavy atom. The maximum absolute atomic E-state index is 14.1. The molecule has 1 radical (unpaired) electrons. The van der Waals surface area contributed by atoms with Gasteiger partial charge in [-0.15, -0.1) is 11.3 Å². The monoisotopic (exact) mass is 304 g/mol. The Balaban J connectivity index is 2.17. The van der Waals surface area contributed by atoms with Crippen LogP contribution in [-0.2, 0) is 4.74 Å². The number of allylic oxidation sites excluding steroid dienone is 5. The molecular formula is C15H11FNO3S. The summed E-state index contributed by atoms with van der Waals surface area (Å²) in [5.74, 6) is -1.02. The molecule has 0 spiro atoms. The fourth-order valence-corrected chi connectivity index (χ4v) is 2.99. The molecule has 2 heterocycles. The molecule has 107 valence electrons. The van der Waals surface area contributed by atoms with Crippen LogP contribution in [0.5, 0.6) is 5.06 Å². The molecule has 2 aliphatic rings. The number of carbonyl (C=O) groups excluding carboxylic acids is 1. The van der Waals surface area contributed by atoms with Crippen LogP contribution in [0.15, 0.2) is 44.9 Å². The Labute approximate surface area is 124 Å². The zero-order valence-corrected chi connectivity index (χ0v) is 12.2. The van der Waals surface area contributed by atoms with Gasteiger partial charge in [0.05, 0.1) is 18.4 Å². The van der Waals surface area contributed by atoms with Crippen molar-refractivity contribution in [3.05, 3.63) is 51.5 Å². The third kappa shape index (κ3) is 2.21. The summed E-state index contributed by atoms with van der Waals surface area (Å²) in [6.45, 7) is 1.74. The number of aromatic hydroxyl groups is 1. The predicted molar refractivity (Wildman–Crippen MR) is 77.0 cm³/mol. The van der Waals surface area contributed by atoms with Gasteiger partial charge in [-0.3, -0.25) is 9.79 Å². The molecule has 1 aromatic rings. The number of hydrogen-bond acceptors (Lipinski definition) is 5. The molecule has 3 rings (SSSR count). The molecule has 0 atom stereocenters. The van der Waals surface area contributed by atoms with Crippen LogP contribution in [0.4, 0.5) is 4.39 Å². The number of aliphatic imine (C=N–C) groups is 1. The lowest BCUT2D eigenvalue weighted by molar-refractivity contribution is 0.102. The van der Waals surface area contributed by atoms with E-state index in [4.69, 9.17) is 4.74 Å². The first-order valence-electron chi connectivity index (χ1n) is 6.19. The van der Waals surface area contributed by atoms with E-state index in [2.05, 4.69) is 11.1 Å². The quantitative estimate of drug-likeness (QED) is 0.871. The molecule has 1 aliphatic carbocycles. The maximum atomic E-state index is 14.1. The van der Waals surface area contributed by atoms with Crippen LogP contribution in [0.1, 0.15) is 23.7 Å². The number of nitrogens with zero attached hydrogens (tertiary/aromatic N) is 1. The van der Waals surface area contributed by atoms with Gasteiger partial charge in [-0.2, -0.15) is 0 Å². The van der Waals surface area contributed by atoms with Gasteiger partial charge in [0.2, 0.25) is 0 Å². The number of carbonyl (C=O) groups is 1. The van der Waals surface area contributed by atoms with E-state index in [0.717, 1.165) is 11.3 Å². The van der Waals surface area contributed by atoms with Crippen LogP contribution in [0, 0.1) is 6.08 Å². The van der Waals surface area contributed by atoms with Crippen molar-refractivity contribution in [2.75, 3.05) is 7.11 Å². The van der Waals surface area contributed by atoms with Crippen molar-refractivity contribution in [3.8, 4) is 5.06 Å². The zero-order chi connectivity index (χ0) is 15.1. The second-order valence-electron chi connectivity index (χ2n) is 4.64. The molecule has 0 aromatic carbocycles. The number of Topliss-reactive ketones (excluding diaryl/α,β-unsaturated/α-hetero) is 1. The van der Waals surface area contributed by atoms with Crippen LogP contribution in [0.3, 0.4) is 0 Å². The minimum Gasteiger partial charge on any atom is -0.499 e.